The van der Waals surface area contributed by atoms with E-state index in [1.54, 1.807) is 11.3 Å². The highest BCUT2D eigenvalue weighted by Crippen LogP contribution is 2.34. The van der Waals surface area contributed by atoms with Crippen molar-refractivity contribution in [3.63, 3.8) is 0 Å². The Morgan fingerprint density at radius 2 is 2.22 bits per heavy atom. The SMILES string of the molecule is CC1c2[nH]c3ccccc3c2CCN1C(=S)NCc1cccs1. The van der Waals surface area contributed by atoms with Crippen LogP contribution in [0.1, 0.15) is 29.1 Å². The number of hydrogen-bond acceptors (Lipinski definition) is 2. The Balaban J connectivity index is 1.54. The Kier molecular flexibility index (Phi) is 3.83. The Morgan fingerprint density at radius 1 is 1.35 bits per heavy atom. The fourth-order valence-electron chi connectivity index (χ4n) is 3.38. The lowest BCUT2D eigenvalue weighted by Gasteiger charge is -2.35. The van der Waals surface area contributed by atoms with Crippen LogP contribution in [0.4, 0.5) is 0 Å². The van der Waals surface area contributed by atoms with E-state index in [1.807, 2.05) is 0 Å². The lowest BCUT2D eigenvalue weighted by molar-refractivity contribution is 0.310. The molecule has 3 aromatic rings. The van der Waals surface area contributed by atoms with Gasteiger partial charge in [-0.05, 0) is 48.6 Å². The number of aromatic nitrogens is 1. The number of thiophene rings is 1. The van der Waals surface area contributed by atoms with Gasteiger partial charge in [0.25, 0.3) is 0 Å². The molecule has 1 unspecified atom stereocenters. The molecule has 3 nitrogen and oxygen atoms in total. The summed E-state index contributed by atoms with van der Waals surface area (Å²) in [7, 11) is 0. The number of nitrogens with zero attached hydrogens (tertiary/aromatic N) is 1. The standard InChI is InChI=1S/C18H19N3S2/c1-12-17-15(14-6-2-3-7-16(14)20-17)8-9-21(12)18(22)19-11-13-5-4-10-23-13/h2-7,10,12,20H,8-9,11H2,1H3,(H,19,22). The molecule has 23 heavy (non-hydrogen) atoms. The van der Waals surface area contributed by atoms with Crippen LogP contribution >= 0.6 is 23.6 Å². The van der Waals surface area contributed by atoms with Crippen molar-refractivity contribution in [2.45, 2.75) is 25.9 Å². The number of thiocarbonyl (C=S) groups is 1. The molecule has 1 atom stereocenters. The van der Waals surface area contributed by atoms with Crippen LogP contribution in [0, 0.1) is 0 Å². The van der Waals surface area contributed by atoms with Gasteiger partial charge in [-0.1, -0.05) is 24.3 Å². The molecular formula is C18H19N3S2. The van der Waals surface area contributed by atoms with Crippen molar-refractivity contribution in [1.82, 2.24) is 15.2 Å². The van der Waals surface area contributed by atoms with Gasteiger partial charge >= 0.3 is 0 Å². The van der Waals surface area contributed by atoms with E-state index >= 15 is 0 Å². The molecule has 1 aromatic carbocycles. The molecule has 0 spiro atoms. The second-order valence-corrected chi connectivity index (χ2v) is 7.34. The molecule has 2 N–H and O–H groups in total. The van der Waals surface area contributed by atoms with Gasteiger partial charge in [-0.25, -0.2) is 0 Å². The fraction of sp³-hybridized carbons (Fsp3) is 0.278. The molecule has 1 aliphatic heterocycles. The average molecular weight is 342 g/mol. The van der Waals surface area contributed by atoms with Crippen LogP contribution in [-0.2, 0) is 13.0 Å². The lowest BCUT2D eigenvalue weighted by Crippen LogP contribution is -2.44. The van der Waals surface area contributed by atoms with Crippen molar-refractivity contribution in [3.05, 3.63) is 57.9 Å². The smallest absolute Gasteiger partial charge is 0.169 e. The predicted molar refractivity (Wildman–Crippen MR) is 101 cm³/mol. The number of benzene rings is 1. The normalized spacial score (nSPS) is 17.3. The number of para-hydroxylation sites is 1. The Labute approximate surface area is 145 Å². The molecule has 5 heteroatoms. The summed E-state index contributed by atoms with van der Waals surface area (Å²) in [6, 6.07) is 13.0. The molecule has 4 rings (SSSR count). The largest absolute Gasteiger partial charge is 0.358 e. The van der Waals surface area contributed by atoms with Gasteiger partial charge in [-0.3, -0.25) is 0 Å². The van der Waals surface area contributed by atoms with E-state index in [2.05, 4.69) is 63.9 Å². The number of hydrogen-bond donors (Lipinski definition) is 2. The van der Waals surface area contributed by atoms with Gasteiger partial charge in [-0.2, -0.15) is 0 Å². The van der Waals surface area contributed by atoms with Crippen LogP contribution < -0.4 is 5.32 Å². The molecule has 0 aliphatic carbocycles. The van der Waals surface area contributed by atoms with Crippen molar-refractivity contribution in [1.29, 1.82) is 0 Å². The maximum absolute atomic E-state index is 5.64. The predicted octanol–water partition coefficient (Wildman–Crippen LogP) is 4.22. The number of rotatable bonds is 2. The van der Waals surface area contributed by atoms with Crippen molar-refractivity contribution >= 4 is 39.6 Å². The number of fused-ring (bicyclic) bond motifs is 3. The maximum atomic E-state index is 5.64. The molecule has 0 bridgehead atoms. The van der Waals surface area contributed by atoms with Crippen molar-refractivity contribution in [2.24, 2.45) is 0 Å². The number of aromatic amines is 1. The molecular weight excluding hydrogens is 322 g/mol. The summed E-state index contributed by atoms with van der Waals surface area (Å²) in [5.41, 5.74) is 3.98. The Hall–Kier alpha value is -1.85. The summed E-state index contributed by atoms with van der Waals surface area (Å²) >= 11 is 7.40. The number of H-pyrrole nitrogens is 1. The molecule has 0 saturated heterocycles. The van der Waals surface area contributed by atoms with Gasteiger partial charge in [0.2, 0.25) is 0 Å². The van der Waals surface area contributed by atoms with Gasteiger partial charge in [0.05, 0.1) is 12.6 Å². The first-order valence-corrected chi connectivity index (χ1v) is 9.19. The van der Waals surface area contributed by atoms with E-state index < -0.39 is 0 Å². The summed E-state index contributed by atoms with van der Waals surface area (Å²) < 4.78 is 0. The monoisotopic (exact) mass is 341 g/mol. The minimum atomic E-state index is 0.273. The van der Waals surface area contributed by atoms with Crippen LogP contribution in [-0.4, -0.2) is 21.5 Å². The molecule has 1 aliphatic rings. The lowest BCUT2D eigenvalue weighted by atomic mass is 9.99. The molecule has 3 heterocycles. The van der Waals surface area contributed by atoms with E-state index in [-0.39, 0.29) is 6.04 Å². The second kappa shape index (κ2) is 5.98. The minimum Gasteiger partial charge on any atom is -0.358 e. The number of nitrogens with one attached hydrogen (secondary N) is 2. The van der Waals surface area contributed by atoms with Crippen molar-refractivity contribution in [3.8, 4) is 0 Å². The summed E-state index contributed by atoms with van der Waals surface area (Å²) in [5.74, 6) is 0. The molecule has 118 valence electrons. The second-order valence-electron chi connectivity index (χ2n) is 5.92. The van der Waals surface area contributed by atoms with Gasteiger partial charge in [0.15, 0.2) is 5.11 Å². The Bertz CT molecular complexity index is 835. The van der Waals surface area contributed by atoms with Gasteiger partial charge < -0.3 is 15.2 Å². The molecule has 0 radical (unpaired) electrons. The highest BCUT2D eigenvalue weighted by molar-refractivity contribution is 7.80. The molecule has 2 aromatic heterocycles. The van der Waals surface area contributed by atoms with Crippen LogP contribution in [0.5, 0.6) is 0 Å². The van der Waals surface area contributed by atoms with Crippen LogP contribution in [0.2, 0.25) is 0 Å². The summed E-state index contributed by atoms with van der Waals surface area (Å²) in [6.45, 7) is 4.00. The average Bonchev–Trinajstić information content (AvgIpc) is 3.21. The van der Waals surface area contributed by atoms with E-state index in [0.29, 0.717) is 0 Å². The van der Waals surface area contributed by atoms with Crippen LogP contribution in [0.15, 0.2) is 41.8 Å². The topological polar surface area (TPSA) is 31.1 Å². The van der Waals surface area contributed by atoms with Crippen LogP contribution in [0.25, 0.3) is 10.9 Å². The fourth-order valence-corrected chi connectivity index (χ4v) is 4.35. The zero-order valence-electron chi connectivity index (χ0n) is 13.0. The first kappa shape index (κ1) is 14.7. The maximum Gasteiger partial charge on any atom is 0.169 e. The highest BCUT2D eigenvalue weighted by atomic mass is 32.1. The first-order valence-electron chi connectivity index (χ1n) is 7.90. The van der Waals surface area contributed by atoms with Gasteiger partial charge in [0, 0.05) is 28.0 Å². The van der Waals surface area contributed by atoms with Gasteiger partial charge in [0.1, 0.15) is 0 Å². The van der Waals surface area contributed by atoms with E-state index in [4.69, 9.17) is 12.2 Å². The molecule has 0 fully saturated rings. The summed E-state index contributed by atoms with van der Waals surface area (Å²) in [5, 5.41) is 7.70. The zero-order chi connectivity index (χ0) is 15.8. The van der Waals surface area contributed by atoms with Crippen molar-refractivity contribution < 1.29 is 0 Å². The summed E-state index contributed by atoms with van der Waals surface area (Å²) in [6.07, 6.45) is 1.03. The van der Waals surface area contributed by atoms with Crippen molar-refractivity contribution in [2.75, 3.05) is 6.54 Å². The molecule has 0 saturated carbocycles. The first-order chi connectivity index (χ1) is 11.2. The molecule has 0 amide bonds. The van der Waals surface area contributed by atoms with Gasteiger partial charge in [-0.15, -0.1) is 11.3 Å². The third-order valence-electron chi connectivity index (χ3n) is 4.59. The summed E-state index contributed by atoms with van der Waals surface area (Å²) in [4.78, 5) is 7.19. The highest BCUT2D eigenvalue weighted by Gasteiger charge is 2.28. The minimum absolute atomic E-state index is 0.273. The van der Waals surface area contributed by atoms with E-state index in [1.165, 1.54) is 27.0 Å². The zero-order valence-corrected chi connectivity index (χ0v) is 14.6. The third kappa shape index (κ3) is 2.64. The Morgan fingerprint density at radius 3 is 3.04 bits per heavy atom. The van der Waals surface area contributed by atoms with Crippen LogP contribution in [0.3, 0.4) is 0 Å². The van der Waals surface area contributed by atoms with E-state index in [0.717, 1.165) is 24.6 Å². The third-order valence-corrected chi connectivity index (χ3v) is 5.84. The van der Waals surface area contributed by atoms with E-state index in [9.17, 15) is 0 Å². The quantitative estimate of drug-likeness (QED) is 0.684.